The topological polar surface area (TPSA) is 43.6 Å². The van der Waals surface area contributed by atoms with Gasteiger partial charge in [-0.3, -0.25) is 0 Å². The van der Waals surface area contributed by atoms with Gasteiger partial charge in [0.2, 0.25) is 0 Å². The van der Waals surface area contributed by atoms with Crippen molar-refractivity contribution in [1.29, 1.82) is 0 Å². The normalized spacial score (nSPS) is 15.1. The van der Waals surface area contributed by atoms with E-state index in [1.807, 2.05) is 19.9 Å². The van der Waals surface area contributed by atoms with Crippen LogP contribution in [0.3, 0.4) is 0 Å². The van der Waals surface area contributed by atoms with Crippen LogP contribution in [0.15, 0.2) is 6.07 Å². The van der Waals surface area contributed by atoms with E-state index in [-0.39, 0.29) is 0 Å². The molecule has 1 aliphatic rings. The van der Waals surface area contributed by atoms with Gasteiger partial charge in [-0.2, -0.15) is 9.78 Å². The molecule has 2 heterocycles. The fourth-order valence-corrected chi connectivity index (χ4v) is 2.94. The van der Waals surface area contributed by atoms with E-state index in [1.165, 1.54) is 24.8 Å². The van der Waals surface area contributed by atoms with Gasteiger partial charge < -0.3 is 0 Å². The molecule has 0 saturated heterocycles. The molecule has 0 atom stereocenters. The third-order valence-corrected chi connectivity index (χ3v) is 3.89. The summed E-state index contributed by atoms with van der Waals surface area (Å²) in [5.74, 6) is 0.579. The highest BCUT2D eigenvalue weighted by molar-refractivity contribution is 6.30. The van der Waals surface area contributed by atoms with Crippen LogP contribution in [0.25, 0.3) is 5.95 Å². The molecule has 0 spiro atoms. The lowest BCUT2D eigenvalue weighted by Crippen LogP contribution is -2.06. The molecule has 0 radical (unpaired) electrons. The standard InChI is InChI=1S/C14H17ClN4/c1-9-8-10(2)17-14(16-9)19-13(15)11-6-4-3-5-7-12(11)18-19/h8H,3-7H2,1-2H3. The zero-order chi connectivity index (χ0) is 13.4. The quantitative estimate of drug-likeness (QED) is 0.751. The summed E-state index contributed by atoms with van der Waals surface area (Å²) in [6.45, 7) is 3.92. The Balaban J connectivity index is 2.10. The first-order valence-corrected chi connectivity index (χ1v) is 7.12. The zero-order valence-corrected chi connectivity index (χ0v) is 12.0. The van der Waals surface area contributed by atoms with Crippen LogP contribution in [0.1, 0.15) is 41.9 Å². The van der Waals surface area contributed by atoms with E-state index in [4.69, 9.17) is 11.6 Å². The number of fused-ring (bicyclic) bond motifs is 1. The Hall–Kier alpha value is -1.42. The van der Waals surface area contributed by atoms with Gasteiger partial charge in [0, 0.05) is 17.0 Å². The van der Waals surface area contributed by atoms with E-state index >= 15 is 0 Å². The van der Waals surface area contributed by atoms with Gasteiger partial charge in [-0.25, -0.2) is 9.97 Å². The molecule has 0 amide bonds. The molecule has 0 N–H and O–H groups in total. The second-order valence-electron chi connectivity index (χ2n) is 5.14. The summed E-state index contributed by atoms with van der Waals surface area (Å²) in [5, 5.41) is 5.30. The molecule has 0 saturated carbocycles. The lowest BCUT2D eigenvalue weighted by molar-refractivity contribution is 0.688. The van der Waals surface area contributed by atoms with Crippen molar-refractivity contribution in [2.45, 2.75) is 46.0 Å². The first kappa shape index (κ1) is 12.6. The van der Waals surface area contributed by atoms with E-state index in [9.17, 15) is 0 Å². The van der Waals surface area contributed by atoms with Crippen molar-refractivity contribution >= 4 is 11.6 Å². The minimum atomic E-state index is 0.579. The largest absolute Gasteiger partial charge is 0.252 e. The van der Waals surface area contributed by atoms with Crippen molar-refractivity contribution in [2.24, 2.45) is 0 Å². The molecule has 0 aliphatic heterocycles. The van der Waals surface area contributed by atoms with Gasteiger partial charge in [-0.05, 0) is 45.6 Å². The highest BCUT2D eigenvalue weighted by Gasteiger charge is 2.20. The van der Waals surface area contributed by atoms with E-state index in [1.54, 1.807) is 4.68 Å². The molecular formula is C14H17ClN4. The lowest BCUT2D eigenvalue weighted by atomic mass is 10.1. The van der Waals surface area contributed by atoms with Crippen LogP contribution in [0, 0.1) is 13.8 Å². The number of nitrogens with zero attached hydrogens (tertiary/aromatic N) is 4. The van der Waals surface area contributed by atoms with Crippen molar-refractivity contribution in [1.82, 2.24) is 19.7 Å². The van der Waals surface area contributed by atoms with Crippen molar-refractivity contribution in [3.63, 3.8) is 0 Å². The zero-order valence-electron chi connectivity index (χ0n) is 11.3. The van der Waals surface area contributed by atoms with Crippen molar-refractivity contribution in [3.8, 4) is 5.95 Å². The lowest BCUT2D eigenvalue weighted by Gasteiger charge is -2.04. The summed E-state index contributed by atoms with van der Waals surface area (Å²) in [6.07, 6.45) is 5.65. The molecule has 2 aromatic heterocycles. The van der Waals surface area contributed by atoms with E-state index < -0.39 is 0 Å². The SMILES string of the molecule is Cc1cc(C)nc(-n2nc3c(c2Cl)CCCCC3)n1. The van der Waals surface area contributed by atoms with Crippen LogP contribution in [-0.2, 0) is 12.8 Å². The first-order valence-electron chi connectivity index (χ1n) is 6.74. The Kier molecular flexibility index (Phi) is 3.27. The minimum Gasteiger partial charge on any atom is -0.216 e. The number of rotatable bonds is 1. The third-order valence-electron chi connectivity index (χ3n) is 3.50. The van der Waals surface area contributed by atoms with Crippen LogP contribution >= 0.6 is 11.6 Å². The molecule has 0 aromatic carbocycles. The van der Waals surface area contributed by atoms with E-state index in [2.05, 4.69) is 15.1 Å². The minimum absolute atomic E-state index is 0.579. The average molecular weight is 277 g/mol. The molecule has 19 heavy (non-hydrogen) atoms. The predicted octanol–water partition coefficient (Wildman–Crippen LogP) is 3.20. The van der Waals surface area contributed by atoms with Crippen LogP contribution in [0.4, 0.5) is 0 Å². The summed E-state index contributed by atoms with van der Waals surface area (Å²) in [5.41, 5.74) is 4.17. The molecule has 5 heteroatoms. The average Bonchev–Trinajstić information content (AvgIpc) is 2.55. The number of hydrogen-bond donors (Lipinski definition) is 0. The molecule has 0 fully saturated rings. The smallest absolute Gasteiger partial charge is 0.216 e. The Bertz CT molecular complexity index is 598. The first-order chi connectivity index (χ1) is 9.15. The summed E-state index contributed by atoms with van der Waals surface area (Å²) in [7, 11) is 0. The van der Waals surface area contributed by atoms with Gasteiger partial charge in [0.1, 0.15) is 5.15 Å². The van der Waals surface area contributed by atoms with Crippen LogP contribution in [0.2, 0.25) is 5.15 Å². The van der Waals surface area contributed by atoms with Gasteiger partial charge in [-0.15, -0.1) is 0 Å². The van der Waals surface area contributed by atoms with Crippen molar-refractivity contribution in [2.75, 3.05) is 0 Å². The number of aromatic nitrogens is 4. The van der Waals surface area contributed by atoms with Gasteiger partial charge in [0.15, 0.2) is 0 Å². The second-order valence-corrected chi connectivity index (χ2v) is 5.50. The summed E-state index contributed by atoms with van der Waals surface area (Å²) >= 11 is 6.47. The molecule has 100 valence electrons. The van der Waals surface area contributed by atoms with Gasteiger partial charge in [-0.1, -0.05) is 18.0 Å². The number of hydrogen-bond acceptors (Lipinski definition) is 3. The second kappa shape index (κ2) is 4.93. The Morgan fingerprint density at radius 3 is 2.47 bits per heavy atom. The predicted molar refractivity (Wildman–Crippen MR) is 74.9 cm³/mol. The van der Waals surface area contributed by atoms with Gasteiger partial charge in [0.05, 0.1) is 5.69 Å². The summed E-state index contributed by atoms with van der Waals surface area (Å²) < 4.78 is 1.69. The maximum atomic E-state index is 6.47. The van der Waals surface area contributed by atoms with Gasteiger partial charge in [0.25, 0.3) is 5.95 Å². The van der Waals surface area contributed by atoms with E-state index in [0.717, 1.165) is 29.9 Å². The Morgan fingerprint density at radius 1 is 1.05 bits per heavy atom. The third kappa shape index (κ3) is 2.37. The number of aryl methyl sites for hydroxylation is 3. The van der Waals surface area contributed by atoms with Crippen LogP contribution < -0.4 is 0 Å². The number of halogens is 1. The summed E-state index contributed by atoms with van der Waals surface area (Å²) in [4.78, 5) is 8.87. The van der Waals surface area contributed by atoms with E-state index in [0.29, 0.717) is 11.1 Å². The molecule has 2 aromatic rings. The van der Waals surface area contributed by atoms with Crippen molar-refractivity contribution < 1.29 is 0 Å². The molecular weight excluding hydrogens is 260 g/mol. The van der Waals surface area contributed by atoms with Gasteiger partial charge >= 0.3 is 0 Å². The monoisotopic (exact) mass is 276 g/mol. The van der Waals surface area contributed by atoms with Crippen LogP contribution in [0.5, 0.6) is 0 Å². The molecule has 0 unspecified atom stereocenters. The summed E-state index contributed by atoms with van der Waals surface area (Å²) in [6, 6.07) is 1.95. The van der Waals surface area contributed by atoms with Crippen LogP contribution in [-0.4, -0.2) is 19.7 Å². The highest BCUT2D eigenvalue weighted by Crippen LogP contribution is 2.28. The maximum absolute atomic E-state index is 6.47. The molecule has 4 nitrogen and oxygen atoms in total. The molecule has 0 bridgehead atoms. The molecule has 3 rings (SSSR count). The molecule has 1 aliphatic carbocycles. The Labute approximate surface area is 117 Å². The fourth-order valence-electron chi connectivity index (χ4n) is 2.63. The van der Waals surface area contributed by atoms with Crippen molar-refractivity contribution in [3.05, 3.63) is 33.9 Å². The maximum Gasteiger partial charge on any atom is 0.252 e. The highest BCUT2D eigenvalue weighted by atomic mass is 35.5. The fraction of sp³-hybridized carbons (Fsp3) is 0.500. The Morgan fingerprint density at radius 2 is 1.74 bits per heavy atom.